The second kappa shape index (κ2) is 8.07. The molecular formula is C18H20N2O7. The smallest absolute Gasteiger partial charge is 0.331 e. The monoisotopic (exact) mass is 376 g/mol. The third-order valence-electron chi connectivity index (χ3n) is 4.58. The first-order valence-corrected chi connectivity index (χ1v) is 8.68. The van der Waals surface area contributed by atoms with E-state index in [9.17, 15) is 19.7 Å². The lowest BCUT2D eigenvalue weighted by atomic mass is 10.0. The molecule has 0 spiro atoms. The Kier molecular flexibility index (Phi) is 5.58. The molecule has 27 heavy (non-hydrogen) atoms. The number of ether oxygens (including phenoxy) is 3. The summed E-state index contributed by atoms with van der Waals surface area (Å²) >= 11 is 0. The zero-order chi connectivity index (χ0) is 19.4. The van der Waals surface area contributed by atoms with E-state index in [4.69, 9.17) is 14.2 Å². The van der Waals surface area contributed by atoms with Crippen molar-refractivity contribution >= 4 is 23.6 Å². The van der Waals surface area contributed by atoms with Crippen molar-refractivity contribution in [3.63, 3.8) is 0 Å². The number of amides is 1. The summed E-state index contributed by atoms with van der Waals surface area (Å²) in [6, 6.07) is 2.80. The van der Waals surface area contributed by atoms with Crippen molar-refractivity contribution < 1.29 is 28.7 Å². The summed E-state index contributed by atoms with van der Waals surface area (Å²) in [6.07, 6.45) is 5.28. The minimum absolute atomic E-state index is 0.0151. The molecule has 1 atom stereocenters. The molecule has 0 aromatic heterocycles. The molecule has 144 valence electrons. The molecule has 2 aliphatic heterocycles. The van der Waals surface area contributed by atoms with E-state index in [2.05, 4.69) is 0 Å². The Bertz CT molecular complexity index is 790. The molecule has 2 heterocycles. The number of rotatable bonds is 5. The Morgan fingerprint density at radius 1 is 1.33 bits per heavy atom. The number of hydrogen-bond donors (Lipinski definition) is 0. The Morgan fingerprint density at radius 2 is 2.07 bits per heavy atom. The number of benzene rings is 1. The lowest BCUT2D eigenvalue weighted by Crippen LogP contribution is -2.44. The highest BCUT2D eigenvalue weighted by molar-refractivity contribution is 5.90. The van der Waals surface area contributed by atoms with Crippen LogP contribution in [0.2, 0.25) is 0 Å². The second-order valence-corrected chi connectivity index (χ2v) is 6.39. The molecule has 0 N–H and O–H groups in total. The van der Waals surface area contributed by atoms with Gasteiger partial charge in [-0.15, -0.1) is 0 Å². The van der Waals surface area contributed by atoms with Crippen LogP contribution >= 0.6 is 0 Å². The molecule has 3 rings (SSSR count). The molecule has 2 aliphatic rings. The molecule has 0 aliphatic carbocycles. The Balaban J connectivity index is 1.61. The molecular weight excluding hydrogens is 356 g/mol. The standard InChI is InChI=1S/C18H20N2O7/c1-12-4-2-3-7-19(12)17(21)10-25-18(22)6-5-13-8-15-16(27-11-26-15)9-14(13)20(23)24/h5-6,8-9,12H,2-4,7,10-11H2,1H3/b6-5+/t12-/m1/s1. The van der Waals surface area contributed by atoms with Crippen molar-refractivity contribution in [1.82, 2.24) is 4.90 Å². The number of esters is 1. The van der Waals surface area contributed by atoms with E-state index < -0.39 is 10.9 Å². The number of carbonyl (C=O) groups excluding carboxylic acids is 2. The van der Waals surface area contributed by atoms with Crippen LogP contribution in [0.15, 0.2) is 18.2 Å². The van der Waals surface area contributed by atoms with Gasteiger partial charge in [0.2, 0.25) is 6.79 Å². The topological polar surface area (TPSA) is 108 Å². The first-order chi connectivity index (χ1) is 13.0. The van der Waals surface area contributed by atoms with Gasteiger partial charge in [-0.3, -0.25) is 14.9 Å². The lowest BCUT2D eigenvalue weighted by molar-refractivity contribution is -0.385. The Morgan fingerprint density at radius 3 is 2.78 bits per heavy atom. The van der Waals surface area contributed by atoms with E-state index in [1.165, 1.54) is 18.2 Å². The van der Waals surface area contributed by atoms with Gasteiger partial charge in [-0.2, -0.15) is 0 Å². The summed E-state index contributed by atoms with van der Waals surface area (Å²) in [5.41, 5.74) is -0.0429. The molecule has 1 aromatic rings. The number of nitrogens with zero attached hydrogens (tertiary/aromatic N) is 2. The molecule has 1 amide bonds. The summed E-state index contributed by atoms with van der Waals surface area (Å²) in [4.78, 5) is 36.4. The van der Waals surface area contributed by atoms with Gasteiger partial charge < -0.3 is 19.1 Å². The zero-order valence-electron chi connectivity index (χ0n) is 14.9. The van der Waals surface area contributed by atoms with Crippen molar-refractivity contribution in [3.8, 4) is 11.5 Å². The zero-order valence-corrected chi connectivity index (χ0v) is 14.9. The van der Waals surface area contributed by atoms with Gasteiger partial charge in [-0.25, -0.2) is 4.79 Å². The number of nitro groups is 1. The van der Waals surface area contributed by atoms with Crippen LogP contribution < -0.4 is 9.47 Å². The van der Waals surface area contributed by atoms with Crippen LogP contribution in [0.3, 0.4) is 0 Å². The quantitative estimate of drug-likeness (QED) is 0.336. The van der Waals surface area contributed by atoms with Crippen LogP contribution in [0.4, 0.5) is 5.69 Å². The molecule has 0 bridgehead atoms. The fourth-order valence-corrected chi connectivity index (χ4v) is 3.13. The van der Waals surface area contributed by atoms with Gasteiger partial charge >= 0.3 is 5.97 Å². The number of nitro benzene ring substituents is 1. The van der Waals surface area contributed by atoms with Crippen molar-refractivity contribution in [1.29, 1.82) is 0 Å². The van der Waals surface area contributed by atoms with Crippen LogP contribution in [0, 0.1) is 10.1 Å². The summed E-state index contributed by atoms with van der Waals surface area (Å²) in [6.45, 7) is 2.27. The highest BCUT2D eigenvalue weighted by Crippen LogP contribution is 2.38. The van der Waals surface area contributed by atoms with E-state index in [0.717, 1.165) is 25.3 Å². The van der Waals surface area contributed by atoms with Gasteiger partial charge in [0.1, 0.15) is 0 Å². The van der Waals surface area contributed by atoms with E-state index >= 15 is 0 Å². The number of carbonyl (C=O) groups is 2. The van der Waals surface area contributed by atoms with E-state index in [1.54, 1.807) is 4.90 Å². The van der Waals surface area contributed by atoms with E-state index in [0.29, 0.717) is 12.3 Å². The number of likely N-dealkylation sites (tertiary alicyclic amines) is 1. The third kappa shape index (κ3) is 4.36. The van der Waals surface area contributed by atoms with Gasteiger partial charge in [0.15, 0.2) is 18.1 Å². The lowest BCUT2D eigenvalue weighted by Gasteiger charge is -2.33. The fourth-order valence-electron chi connectivity index (χ4n) is 3.13. The van der Waals surface area contributed by atoms with Gasteiger partial charge in [0.25, 0.3) is 11.6 Å². The molecule has 1 aromatic carbocycles. The van der Waals surface area contributed by atoms with Crippen LogP contribution in [0.5, 0.6) is 11.5 Å². The maximum absolute atomic E-state index is 12.2. The number of fused-ring (bicyclic) bond motifs is 1. The van der Waals surface area contributed by atoms with E-state index in [1.807, 2.05) is 6.92 Å². The second-order valence-electron chi connectivity index (χ2n) is 6.39. The van der Waals surface area contributed by atoms with Crippen molar-refractivity contribution in [2.45, 2.75) is 32.2 Å². The van der Waals surface area contributed by atoms with Gasteiger partial charge in [0.05, 0.1) is 16.6 Å². The summed E-state index contributed by atoms with van der Waals surface area (Å²) in [5, 5.41) is 11.2. The maximum Gasteiger partial charge on any atom is 0.331 e. The Hall–Kier alpha value is -3.10. The minimum Gasteiger partial charge on any atom is -0.454 e. The average Bonchev–Trinajstić information content (AvgIpc) is 3.11. The van der Waals surface area contributed by atoms with E-state index in [-0.39, 0.29) is 42.3 Å². The van der Waals surface area contributed by atoms with Gasteiger partial charge in [-0.05, 0) is 38.3 Å². The normalized spacial score (nSPS) is 18.6. The maximum atomic E-state index is 12.2. The SMILES string of the molecule is C[C@@H]1CCCCN1C(=O)COC(=O)/C=C/c1cc2c(cc1[N+](=O)[O-])OCO2. The largest absolute Gasteiger partial charge is 0.454 e. The molecule has 0 saturated carbocycles. The highest BCUT2D eigenvalue weighted by atomic mass is 16.7. The average molecular weight is 376 g/mol. The van der Waals surface area contributed by atoms with Crippen molar-refractivity contribution in [2.75, 3.05) is 19.9 Å². The fraction of sp³-hybridized carbons (Fsp3) is 0.444. The number of hydrogen-bond acceptors (Lipinski definition) is 7. The van der Waals surface area contributed by atoms with Crippen LogP contribution in [0.1, 0.15) is 31.7 Å². The third-order valence-corrected chi connectivity index (χ3v) is 4.58. The van der Waals surface area contributed by atoms with Crippen molar-refractivity contribution in [3.05, 3.63) is 33.9 Å². The van der Waals surface area contributed by atoms with Crippen LogP contribution in [-0.2, 0) is 14.3 Å². The summed E-state index contributed by atoms with van der Waals surface area (Å²) < 4.78 is 15.3. The Labute approximate surface area is 155 Å². The predicted molar refractivity (Wildman–Crippen MR) is 94.2 cm³/mol. The van der Waals surface area contributed by atoms with Gasteiger partial charge in [0, 0.05) is 18.7 Å². The highest BCUT2D eigenvalue weighted by Gasteiger charge is 2.24. The van der Waals surface area contributed by atoms with Crippen molar-refractivity contribution in [2.24, 2.45) is 0 Å². The van der Waals surface area contributed by atoms with Crippen LogP contribution in [-0.4, -0.2) is 47.7 Å². The predicted octanol–water partition coefficient (Wildman–Crippen LogP) is 2.28. The first-order valence-electron chi connectivity index (χ1n) is 8.68. The summed E-state index contributed by atoms with van der Waals surface area (Å²) in [5.74, 6) is -0.344. The molecule has 1 saturated heterocycles. The van der Waals surface area contributed by atoms with Gasteiger partial charge in [-0.1, -0.05) is 0 Å². The van der Waals surface area contributed by atoms with Crippen LogP contribution in [0.25, 0.3) is 6.08 Å². The first kappa shape index (κ1) is 18.7. The molecule has 0 radical (unpaired) electrons. The number of piperidine rings is 1. The molecule has 1 fully saturated rings. The molecule has 0 unspecified atom stereocenters. The molecule has 9 heteroatoms. The molecule has 9 nitrogen and oxygen atoms in total. The minimum atomic E-state index is -0.750. The summed E-state index contributed by atoms with van der Waals surface area (Å²) in [7, 11) is 0.